The van der Waals surface area contributed by atoms with Crippen molar-refractivity contribution in [2.75, 3.05) is 19.0 Å². The molecular formula is C17H17N3O. The second-order valence-corrected chi connectivity index (χ2v) is 4.80. The minimum absolute atomic E-state index is 0.387. The van der Waals surface area contributed by atoms with Crippen molar-refractivity contribution in [3.8, 4) is 6.07 Å². The molecule has 0 fully saturated rings. The molecule has 0 unspecified atom stereocenters. The van der Waals surface area contributed by atoms with Crippen LogP contribution in [0.1, 0.15) is 16.7 Å². The van der Waals surface area contributed by atoms with Gasteiger partial charge in [-0.3, -0.25) is 0 Å². The highest BCUT2D eigenvalue weighted by atomic mass is 16.6. The molecule has 0 saturated carbocycles. The Morgan fingerprint density at radius 3 is 2.33 bits per heavy atom. The van der Waals surface area contributed by atoms with Gasteiger partial charge in [0.25, 0.3) is 0 Å². The largest absolute Gasteiger partial charge is 0.391 e. The third-order valence-electron chi connectivity index (χ3n) is 3.00. The van der Waals surface area contributed by atoms with Crippen molar-refractivity contribution in [3.63, 3.8) is 0 Å². The van der Waals surface area contributed by atoms with Crippen LogP contribution in [0.2, 0.25) is 0 Å². The van der Waals surface area contributed by atoms with Crippen LogP contribution in [0.15, 0.2) is 53.7 Å². The second-order valence-electron chi connectivity index (χ2n) is 4.80. The van der Waals surface area contributed by atoms with Crippen LogP contribution < -0.4 is 4.90 Å². The van der Waals surface area contributed by atoms with Gasteiger partial charge in [-0.1, -0.05) is 29.4 Å². The molecule has 0 aliphatic rings. The summed E-state index contributed by atoms with van der Waals surface area (Å²) in [4.78, 5) is 7.29. The van der Waals surface area contributed by atoms with E-state index in [0.29, 0.717) is 12.2 Å². The lowest BCUT2D eigenvalue weighted by atomic mass is 10.2. The van der Waals surface area contributed by atoms with E-state index in [4.69, 9.17) is 10.1 Å². The van der Waals surface area contributed by atoms with Gasteiger partial charge in [-0.25, -0.2) is 0 Å². The monoisotopic (exact) mass is 279 g/mol. The quantitative estimate of drug-likeness (QED) is 0.624. The number of nitriles is 1. The Morgan fingerprint density at radius 1 is 1.10 bits per heavy atom. The Kier molecular flexibility index (Phi) is 4.94. The summed E-state index contributed by atoms with van der Waals surface area (Å²) < 4.78 is 0. The van der Waals surface area contributed by atoms with Crippen molar-refractivity contribution < 1.29 is 4.84 Å². The number of nitrogens with zero attached hydrogens (tertiary/aromatic N) is 3. The lowest BCUT2D eigenvalue weighted by Crippen LogP contribution is -2.08. The second kappa shape index (κ2) is 7.11. The van der Waals surface area contributed by atoms with Crippen molar-refractivity contribution >= 4 is 11.9 Å². The molecule has 106 valence electrons. The van der Waals surface area contributed by atoms with Crippen molar-refractivity contribution in [2.45, 2.75) is 6.61 Å². The highest BCUT2D eigenvalue weighted by Gasteiger charge is 1.95. The van der Waals surface area contributed by atoms with Gasteiger partial charge in [0.05, 0.1) is 17.8 Å². The maximum Gasteiger partial charge on any atom is 0.142 e. The van der Waals surface area contributed by atoms with Gasteiger partial charge >= 0.3 is 0 Å². The first kappa shape index (κ1) is 14.6. The van der Waals surface area contributed by atoms with E-state index in [1.165, 1.54) is 0 Å². The molecule has 0 N–H and O–H groups in total. The number of benzene rings is 2. The molecule has 0 bridgehead atoms. The third-order valence-corrected chi connectivity index (χ3v) is 3.00. The Labute approximate surface area is 124 Å². The maximum atomic E-state index is 8.71. The van der Waals surface area contributed by atoms with Crippen molar-refractivity contribution in [1.29, 1.82) is 5.26 Å². The van der Waals surface area contributed by atoms with E-state index in [9.17, 15) is 0 Å². The SMILES string of the molecule is CN(C)c1ccc(/C=N/OCc2ccc(C#N)cc2)cc1. The highest BCUT2D eigenvalue weighted by molar-refractivity contribution is 5.79. The first-order valence-electron chi connectivity index (χ1n) is 6.61. The minimum atomic E-state index is 0.387. The van der Waals surface area contributed by atoms with Crippen LogP contribution in [0.3, 0.4) is 0 Å². The fourth-order valence-corrected chi connectivity index (χ4v) is 1.74. The smallest absolute Gasteiger partial charge is 0.142 e. The van der Waals surface area contributed by atoms with E-state index in [-0.39, 0.29) is 0 Å². The third kappa shape index (κ3) is 4.36. The van der Waals surface area contributed by atoms with E-state index >= 15 is 0 Å². The molecule has 4 heteroatoms. The number of oxime groups is 1. The van der Waals surface area contributed by atoms with Crippen LogP contribution in [-0.4, -0.2) is 20.3 Å². The lowest BCUT2D eigenvalue weighted by molar-refractivity contribution is 0.132. The zero-order valence-electron chi connectivity index (χ0n) is 12.2. The van der Waals surface area contributed by atoms with Crippen LogP contribution >= 0.6 is 0 Å². The highest BCUT2D eigenvalue weighted by Crippen LogP contribution is 2.11. The standard InChI is InChI=1S/C17H17N3O/c1-20(2)17-9-7-15(8-10-17)12-19-21-13-16-5-3-14(11-18)4-6-16/h3-10,12H,13H2,1-2H3/b19-12+. The van der Waals surface area contributed by atoms with Gasteiger partial charge in [-0.15, -0.1) is 0 Å². The number of hydrogen-bond acceptors (Lipinski definition) is 4. The fraction of sp³-hybridized carbons (Fsp3) is 0.176. The first-order chi connectivity index (χ1) is 10.2. The molecule has 0 radical (unpaired) electrons. The molecule has 0 heterocycles. The molecule has 0 aliphatic heterocycles. The molecule has 2 aromatic rings. The summed E-state index contributed by atoms with van der Waals surface area (Å²) in [6, 6.07) is 17.4. The summed E-state index contributed by atoms with van der Waals surface area (Å²) in [5.41, 5.74) is 3.75. The zero-order chi connectivity index (χ0) is 15.1. The van der Waals surface area contributed by atoms with Gasteiger partial charge in [0.1, 0.15) is 6.61 Å². The van der Waals surface area contributed by atoms with E-state index < -0.39 is 0 Å². The van der Waals surface area contributed by atoms with Crippen molar-refractivity contribution in [2.24, 2.45) is 5.16 Å². The van der Waals surface area contributed by atoms with Gasteiger partial charge in [0.15, 0.2) is 0 Å². The molecule has 2 aromatic carbocycles. The normalized spacial score (nSPS) is 10.3. The Morgan fingerprint density at radius 2 is 1.76 bits per heavy atom. The molecule has 0 aromatic heterocycles. The molecule has 21 heavy (non-hydrogen) atoms. The summed E-state index contributed by atoms with van der Waals surface area (Å²) >= 11 is 0. The Hall–Kier alpha value is -2.80. The predicted molar refractivity (Wildman–Crippen MR) is 84.3 cm³/mol. The van der Waals surface area contributed by atoms with Crippen LogP contribution in [0, 0.1) is 11.3 Å². The summed E-state index contributed by atoms with van der Waals surface area (Å²) in [6.07, 6.45) is 1.68. The zero-order valence-corrected chi connectivity index (χ0v) is 12.2. The summed E-state index contributed by atoms with van der Waals surface area (Å²) in [5.74, 6) is 0. The van der Waals surface area contributed by atoms with Gasteiger partial charge in [0.2, 0.25) is 0 Å². The number of rotatable bonds is 5. The van der Waals surface area contributed by atoms with E-state index in [0.717, 1.165) is 16.8 Å². The Balaban J connectivity index is 1.86. The van der Waals surface area contributed by atoms with Gasteiger partial charge in [-0.05, 0) is 35.4 Å². The van der Waals surface area contributed by atoms with E-state index in [1.807, 2.05) is 55.4 Å². The van der Waals surface area contributed by atoms with E-state index in [2.05, 4.69) is 11.2 Å². The van der Waals surface area contributed by atoms with Crippen molar-refractivity contribution in [3.05, 3.63) is 65.2 Å². The fourth-order valence-electron chi connectivity index (χ4n) is 1.74. The minimum Gasteiger partial charge on any atom is -0.391 e. The molecule has 2 rings (SSSR count). The van der Waals surface area contributed by atoms with E-state index in [1.54, 1.807) is 18.3 Å². The average molecular weight is 279 g/mol. The molecule has 0 atom stereocenters. The maximum absolute atomic E-state index is 8.71. The molecule has 0 amide bonds. The molecular weight excluding hydrogens is 262 g/mol. The van der Waals surface area contributed by atoms with Gasteiger partial charge in [0, 0.05) is 19.8 Å². The van der Waals surface area contributed by atoms with Crippen LogP contribution in [-0.2, 0) is 11.4 Å². The summed E-state index contributed by atoms with van der Waals surface area (Å²) in [7, 11) is 4.01. The molecule has 0 saturated heterocycles. The first-order valence-corrected chi connectivity index (χ1v) is 6.61. The van der Waals surface area contributed by atoms with Crippen molar-refractivity contribution in [1.82, 2.24) is 0 Å². The summed E-state index contributed by atoms with van der Waals surface area (Å²) in [6.45, 7) is 0.387. The number of hydrogen-bond donors (Lipinski definition) is 0. The summed E-state index contributed by atoms with van der Waals surface area (Å²) in [5, 5.41) is 12.7. The predicted octanol–water partition coefficient (Wildman–Crippen LogP) is 3.17. The topological polar surface area (TPSA) is 48.6 Å². The Bertz CT molecular complexity index is 637. The molecule has 0 aliphatic carbocycles. The van der Waals surface area contributed by atoms with Crippen LogP contribution in [0.5, 0.6) is 0 Å². The molecule has 4 nitrogen and oxygen atoms in total. The van der Waals surface area contributed by atoms with Crippen LogP contribution in [0.25, 0.3) is 0 Å². The number of anilines is 1. The average Bonchev–Trinajstić information content (AvgIpc) is 2.52. The lowest BCUT2D eigenvalue weighted by Gasteiger charge is -2.11. The van der Waals surface area contributed by atoms with Gasteiger partial charge < -0.3 is 9.74 Å². The molecule has 0 spiro atoms. The van der Waals surface area contributed by atoms with Gasteiger partial charge in [-0.2, -0.15) is 5.26 Å². The van der Waals surface area contributed by atoms with Crippen LogP contribution in [0.4, 0.5) is 5.69 Å².